The van der Waals surface area contributed by atoms with Crippen LogP contribution in [-0.2, 0) is 13.0 Å². The summed E-state index contributed by atoms with van der Waals surface area (Å²) < 4.78 is 1.11. The molecule has 0 spiro atoms. The molecule has 0 radical (unpaired) electrons. The van der Waals surface area contributed by atoms with Crippen LogP contribution in [0, 0.1) is 6.92 Å². The van der Waals surface area contributed by atoms with Crippen molar-refractivity contribution in [2.24, 2.45) is 5.73 Å². The summed E-state index contributed by atoms with van der Waals surface area (Å²) in [5.41, 5.74) is 10.9. The quantitative estimate of drug-likeness (QED) is 0.899. The van der Waals surface area contributed by atoms with Gasteiger partial charge in [0.05, 0.1) is 0 Å². The van der Waals surface area contributed by atoms with E-state index in [4.69, 9.17) is 5.73 Å². The lowest BCUT2D eigenvalue weighted by Gasteiger charge is -2.23. The summed E-state index contributed by atoms with van der Waals surface area (Å²) in [6.07, 6.45) is 0.896. The van der Waals surface area contributed by atoms with E-state index in [-0.39, 0.29) is 0 Å². The molecule has 0 aliphatic rings. The Morgan fingerprint density at radius 1 is 1.10 bits per heavy atom. The Kier molecular flexibility index (Phi) is 5.21. The lowest BCUT2D eigenvalue weighted by atomic mass is 10.1. The molecule has 0 atom stereocenters. The van der Waals surface area contributed by atoms with Crippen molar-refractivity contribution in [1.29, 1.82) is 0 Å². The van der Waals surface area contributed by atoms with Gasteiger partial charge in [-0.3, -0.25) is 0 Å². The fourth-order valence-corrected chi connectivity index (χ4v) is 2.74. The maximum Gasteiger partial charge on any atom is 0.0426 e. The number of aryl methyl sites for hydroxylation is 1. The van der Waals surface area contributed by atoms with Gasteiger partial charge in [0, 0.05) is 23.8 Å². The standard InChI is InChI=1S/C17H21BrN2/c1-13-3-5-14(6-4-13)12-20(2)17-8-7-16(18)11-15(17)9-10-19/h3-8,11H,9-10,12,19H2,1-2H3. The summed E-state index contributed by atoms with van der Waals surface area (Å²) in [7, 11) is 2.13. The van der Waals surface area contributed by atoms with E-state index < -0.39 is 0 Å². The molecule has 0 aliphatic heterocycles. The second kappa shape index (κ2) is 6.91. The zero-order valence-electron chi connectivity index (χ0n) is 12.1. The molecule has 0 aromatic heterocycles. The summed E-state index contributed by atoms with van der Waals surface area (Å²) >= 11 is 3.53. The largest absolute Gasteiger partial charge is 0.370 e. The normalized spacial score (nSPS) is 10.6. The first-order valence-electron chi connectivity index (χ1n) is 6.85. The monoisotopic (exact) mass is 332 g/mol. The van der Waals surface area contributed by atoms with Crippen molar-refractivity contribution in [3.63, 3.8) is 0 Å². The summed E-state index contributed by atoms with van der Waals surface area (Å²) in [6, 6.07) is 15.1. The van der Waals surface area contributed by atoms with Crippen molar-refractivity contribution >= 4 is 21.6 Å². The van der Waals surface area contributed by atoms with Crippen molar-refractivity contribution in [3.8, 4) is 0 Å². The van der Waals surface area contributed by atoms with Gasteiger partial charge in [-0.1, -0.05) is 45.8 Å². The molecule has 0 saturated heterocycles. The van der Waals surface area contributed by atoms with E-state index in [9.17, 15) is 0 Å². The van der Waals surface area contributed by atoms with Crippen molar-refractivity contribution in [1.82, 2.24) is 0 Å². The fraction of sp³-hybridized carbons (Fsp3) is 0.294. The van der Waals surface area contributed by atoms with Gasteiger partial charge in [0.2, 0.25) is 0 Å². The highest BCUT2D eigenvalue weighted by Gasteiger charge is 2.08. The van der Waals surface area contributed by atoms with E-state index in [1.807, 2.05) is 0 Å². The molecule has 0 amide bonds. The topological polar surface area (TPSA) is 29.3 Å². The molecular weight excluding hydrogens is 312 g/mol. The molecule has 0 heterocycles. The second-order valence-corrected chi connectivity index (χ2v) is 6.07. The van der Waals surface area contributed by atoms with E-state index in [0.717, 1.165) is 17.4 Å². The zero-order valence-corrected chi connectivity index (χ0v) is 13.7. The summed E-state index contributed by atoms with van der Waals surface area (Å²) in [4.78, 5) is 2.28. The third kappa shape index (κ3) is 3.84. The number of nitrogens with zero attached hydrogens (tertiary/aromatic N) is 1. The van der Waals surface area contributed by atoms with Gasteiger partial charge in [-0.15, -0.1) is 0 Å². The molecular formula is C17H21BrN2. The first-order valence-corrected chi connectivity index (χ1v) is 7.64. The SMILES string of the molecule is Cc1ccc(CN(C)c2ccc(Br)cc2CCN)cc1. The number of anilines is 1. The highest BCUT2D eigenvalue weighted by atomic mass is 79.9. The van der Waals surface area contributed by atoms with Crippen LogP contribution in [0.15, 0.2) is 46.9 Å². The van der Waals surface area contributed by atoms with Crippen LogP contribution >= 0.6 is 15.9 Å². The lowest BCUT2D eigenvalue weighted by molar-refractivity contribution is 0.891. The molecule has 2 aromatic carbocycles. The molecule has 0 unspecified atom stereocenters. The first kappa shape index (κ1) is 15.1. The van der Waals surface area contributed by atoms with Crippen LogP contribution in [0.4, 0.5) is 5.69 Å². The minimum atomic E-state index is 0.668. The average Bonchev–Trinajstić information content (AvgIpc) is 2.42. The Morgan fingerprint density at radius 3 is 2.45 bits per heavy atom. The van der Waals surface area contributed by atoms with Gasteiger partial charge in [-0.05, 0) is 49.2 Å². The highest BCUT2D eigenvalue weighted by molar-refractivity contribution is 9.10. The van der Waals surface area contributed by atoms with Gasteiger partial charge in [-0.2, -0.15) is 0 Å². The van der Waals surface area contributed by atoms with Gasteiger partial charge < -0.3 is 10.6 Å². The smallest absolute Gasteiger partial charge is 0.0426 e. The molecule has 0 fully saturated rings. The van der Waals surface area contributed by atoms with E-state index in [1.165, 1.54) is 22.4 Å². The number of halogens is 1. The summed E-state index contributed by atoms with van der Waals surface area (Å²) in [6.45, 7) is 3.68. The van der Waals surface area contributed by atoms with Gasteiger partial charge in [0.25, 0.3) is 0 Å². The Balaban J connectivity index is 2.19. The molecule has 2 N–H and O–H groups in total. The molecule has 106 valence electrons. The Hall–Kier alpha value is -1.32. The Morgan fingerprint density at radius 2 is 1.80 bits per heavy atom. The number of hydrogen-bond donors (Lipinski definition) is 1. The average molecular weight is 333 g/mol. The van der Waals surface area contributed by atoms with Crippen LogP contribution in [-0.4, -0.2) is 13.6 Å². The van der Waals surface area contributed by atoms with Crippen molar-refractivity contribution < 1.29 is 0 Å². The van der Waals surface area contributed by atoms with Crippen molar-refractivity contribution in [2.45, 2.75) is 19.9 Å². The maximum absolute atomic E-state index is 5.72. The molecule has 0 aliphatic carbocycles. The minimum absolute atomic E-state index is 0.668. The summed E-state index contributed by atoms with van der Waals surface area (Å²) in [5, 5.41) is 0. The number of nitrogens with two attached hydrogens (primary N) is 1. The van der Waals surface area contributed by atoms with Crippen LogP contribution < -0.4 is 10.6 Å². The second-order valence-electron chi connectivity index (χ2n) is 5.15. The van der Waals surface area contributed by atoms with E-state index in [0.29, 0.717) is 6.54 Å². The van der Waals surface area contributed by atoms with Crippen LogP contribution in [0.2, 0.25) is 0 Å². The van der Waals surface area contributed by atoms with E-state index in [1.54, 1.807) is 0 Å². The van der Waals surface area contributed by atoms with Crippen molar-refractivity contribution in [3.05, 3.63) is 63.6 Å². The number of rotatable bonds is 5. The summed E-state index contributed by atoms with van der Waals surface area (Å²) in [5.74, 6) is 0. The zero-order chi connectivity index (χ0) is 14.5. The fourth-order valence-electron chi connectivity index (χ4n) is 2.33. The molecule has 3 heteroatoms. The van der Waals surface area contributed by atoms with E-state index >= 15 is 0 Å². The molecule has 0 saturated carbocycles. The van der Waals surface area contributed by atoms with E-state index in [2.05, 4.69) is 77.3 Å². The van der Waals surface area contributed by atoms with Gasteiger partial charge in [0.1, 0.15) is 0 Å². The molecule has 0 bridgehead atoms. The minimum Gasteiger partial charge on any atom is -0.370 e. The molecule has 2 aromatic rings. The first-order chi connectivity index (χ1) is 9.60. The predicted molar refractivity (Wildman–Crippen MR) is 90.2 cm³/mol. The predicted octanol–water partition coefficient (Wildman–Crippen LogP) is 3.90. The lowest BCUT2D eigenvalue weighted by Crippen LogP contribution is -2.19. The number of hydrogen-bond acceptors (Lipinski definition) is 2. The Bertz CT molecular complexity index is 564. The highest BCUT2D eigenvalue weighted by Crippen LogP contribution is 2.25. The third-order valence-corrected chi connectivity index (χ3v) is 3.90. The van der Waals surface area contributed by atoms with Gasteiger partial charge in [-0.25, -0.2) is 0 Å². The van der Waals surface area contributed by atoms with Gasteiger partial charge in [0.15, 0.2) is 0 Å². The van der Waals surface area contributed by atoms with Crippen LogP contribution in [0.25, 0.3) is 0 Å². The third-order valence-electron chi connectivity index (χ3n) is 3.41. The van der Waals surface area contributed by atoms with Gasteiger partial charge >= 0.3 is 0 Å². The Labute approximate surface area is 129 Å². The van der Waals surface area contributed by atoms with Crippen LogP contribution in [0.5, 0.6) is 0 Å². The molecule has 2 nitrogen and oxygen atoms in total. The van der Waals surface area contributed by atoms with Crippen molar-refractivity contribution in [2.75, 3.05) is 18.5 Å². The molecule has 2 rings (SSSR count). The molecule has 20 heavy (non-hydrogen) atoms. The van der Waals surface area contributed by atoms with Crippen LogP contribution in [0.3, 0.4) is 0 Å². The number of benzene rings is 2. The maximum atomic E-state index is 5.72. The van der Waals surface area contributed by atoms with Crippen LogP contribution in [0.1, 0.15) is 16.7 Å².